The Morgan fingerprint density at radius 2 is 2.00 bits per heavy atom. The number of carbonyl (C=O) groups is 2. The highest BCUT2D eigenvalue weighted by Gasteiger charge is 2.28. The van der Waals surface area contributed by atoms with E-state index in [2.05, 4.69) is 10.3 Å². The first-order valence-corrected chi connectivity index (χ1v) is 8.14. The average Bonchev–Trinajstić information content (AvgIpc) is 2.64. The Hall–Kier alpha value is -3.17. The monoisotopic (exact) mass is 361 g/mol. The number of pyridine rings is 1. The number of aromatic nitrogens is 3. The van der Waals surface area contributed by atoms with Gasteiger partial charge in [0.25, 0.3) is 5.56 Å². The summed E-state index contributed by atoms with van der Waals surface area (Å²) in [5.74, 6) is -1.50. The lowest BCUT2D eigenvalue weighted by Crippen LogP contribution is -2.44. The van der Waals surface area contributed by atoms with Crippen LogP contribution in [0.5, 0.6) is 0 Å². The van der Waals surface area contributed by atoms with Crippen LogP contribution < -0.4 is 16.6 Å². The molecule has 1 aliphatic heterocycles. The Bertz CT molecular complexity index is 1010. The molecule has 3 rings (SSSR count). The first-order chi connectivity index (χ1) is 12.3. The Labute approximate surface area is 147 Å². The van der Waals surface area contributed by atoms with E-state index in [1.807, 2.05) is 0 Å². The molecule has 0 bridgehead atoms. The number of fused-ring (bicyclic) bond motifs is 1. The summed E-state index contributed by atoms with van der Waals surface area (Å²) in [6.45, 7) is 0.603. The maximum absolute atomic E-state index is 12.4. The molecule has 2 N–H and O–H groups in total. The van der Waals surface area contributed by atoms with Gasteiger partial charge in [0.15, 0.2) is 0 Å². The molecule has 2 aromatic heterocycles. The number of piperidine rings is 1. The number of hydrogen-bond acceptors (Lipinski definition) is 5. The van der Waals surface area contributed by atoms with Crippen LogP contribution in [0.3, 0.4) is 0 Å². The molecule has 0 spiro atoms. The largest absolute Gasteiger partial charge is 0.481 e. The maximum atomic E-state index is 12.4. The van der Waals surface area contributed by atoms with Crippen LogP contribution in [0.2, 0.25) is 0 Å². The van der Waals surface area contributed by atoms with Gasteiger partial charge in [-0.1, -0.05) is 0 Å². The number of anilines is 1. The van der Waals surface area contributed by atoms with Gasteiger partial charge in [0.05, 0.1) is 23.2 Å². The van der Waals surface area contributed by atoms with E-state index in [9.17, 15) is 19.2 Å². The van der Waals surface area contributed by atoms with Crippen LogP contribution in [0.4, 0.5) is 10.5 Å². The number of nitrogens with zero attached hydrogens (tertiary/aromatic N) is 4. The lowest BCUT2D eigenvalue weighted by molar-refractivity contribution is -0.143. The zero-order chi connectivity index (χ0) is 19.0. The van der Waals surface area contributed by atoms with Gasteiger partial charge in [-0.25, -0.2) is 14.6 Å². The van der Waals surface area contributed by atoms with Crippen LogP contribution in [-0.2, 0) is 18.9 Å². The fourth-order valence-corrected chi connectivity index (χ4v) is 3.10. The van der Waals surface area contributed by atoms with Crippen molar-refractivity contribution in [2.24, 2.45) is 20.0 Å². The molecule has 138 valence electrons. The molecule has 3 heterocycles. The number of likely N-dealkylation sites (tertiary alicyclic amines) is 1. The standard InChI is InChI=1S/C16H19N5O5/c1-19-12-11(13(22)20(2)16(19)26)6-10(7-17-12)18-15(25)21-5-3-4-9(8-21)14(23)24/h6-7,9H,3-5,8H2,1-2H3,(H,18,25)(H,23,24). The quantitative estimate of drug-likeness (QED) is 0.773. The van der Waals surface area contributed by atoms with E-state index in [0.29, 0.717) is 25.1 Å². The molecule has 0 radical (unpaired) electrons. The van der Waals surface area contributed by atoms with Crippen molar-refractivity contribution in [1.82, 2.24) is 19.0 Å². The second-order valence-electron chi connectivity index (χ2n) is 6.35. The molecule has 1 aliphatic rings. The van der Waals surface area contributed by atoms with Crippen LogP contribution in [-0.4, -0.2) is 49.2 Å². The van der Waals surface area contributed by atoms with E-state index in [0.717, 1.165) is 4.57 Å². The first kappa shape index (κ1) is 17.6. The van der Waals surface area contributed by atoms with Gasteiger partial charge in [-0.15, -0.1) is 0 Å². The van der Waals surface area contributed by atoms with Gasteiger partial charge < -0.3 is 15.3 Å². The van der Waals surface area contributed by atoms with Gasteiger partial charge in [0, 0.05) is 27.2 Å². The van der Waals surface area contributed by atoms with E-state index in [1.54, 1.807) is 0 Å². The highest BCUT2D eigenvalue weighted by molar-refractivity contribution is 5.91. The Balaban J connectivity index is 1.87. The molecular weight excluding hydrogens is 342 g/mol. The van der Waals surface area contributed by atoms with Crippen molar-refractivity contribution < 1.29 is 14.7 Å². The van der Waals surface area contributed by atoms with Crippen molar-refractivity contribution in [3.8, 4) is 0 Å². The molecule has 2 amide bonds. The van der Waals surface area contributed by atoms with Crippen molar-refractivity contribution in [3.63, 3.8) is 0 Å². The molecule has 26 heavy (non-hydrogen) atoms. The van der Waals surface area contributed by atoms with E-state index < -0.39 is 29.2 Å². The Kier molecular flexibility index (Phi) is 4.49. The molecule has 10 nitrogen and oxygen atoms in total. The summed E-state index contributed by atoms with van der Waals surface area (Å²) in [4.78, 5) is 53.3. The van der Waals surface area contributed by atoms with Crippen LogP contribution in [0, 0.1) is 5.92 Å². The average molecular weight is 361 g/mol. The van der Waals surface area contributed by atoms with Gasteiger partial charge in [0.1, 0.15) is 5.65 Å². The Morgan fingerprint density at radius 3 is 2.69 bits per heavy atom. The first-order valence-electron chi connectivity index (χ1n) is 8.14. The van der Waals surface area contributed by atoms with Crippen molar-refractivity contribution in [2.45, 2.75) is 12.8 Å². The third kappa shape index (κ3) is 3.05. The molecule has 2 aromatic rings. The highest BCUT2D eigenvalue weighted by atomic mass is 16.4. The van der Waals surface area contributed by atoms with Gasteiger partial charge in [-0.2, -0.15) is 0 Å². The van der Waals surface area contributed by atoms with Gasteiger partial charge in [0.2, 0.25) is 0 Å². The summed E-state index contributed by atoms with van der Waals surface area (Å²) in [6.07, 6.45) is 2.52. The second kappa shape index (κ2) is 6.62. The number of amides is 2. The zero-order valence-corrected chi connectivity index (χ0v) is 14.4. The topological polar surface area (TPSA) is 127 Å². The summed E-state index contributed by atoms with van der Waals surface area (Å²) in [5, 5.41) is 12.0. The number of urea groups is 1. The summed E-state index contributed by atoms with van der Waals surface area (Å²) in [6, 6.07) is 1.01. The summed E-state index contributed by atoms with van der Waals surface area (Å²) in [7, 11) is 2.88. The second-order valence-corrected chi connectivity index (χ2v) is 6.35. The van der Waals surface area contributed by atoms with Crippen LogP contribution in [0.15, 0.2) is 21.9 Å². The summed E-state index contributed by atoms with van der Waals surface area (Å²) >= 11 is 0. The van der Waals surface area contributed by atoms with E-state index in [4.69, 9.17) is 5.11 Å². The minimum absolute atomic E-state index is 0.137. The third-order valence-electron chi connectivity index (χ3n) is 4.60. The lowest BCUT2D eigenvalue weighted by Gasteiger charge is -2.30. The van der Waals surface area contributed by atoms with E-state index >= 15 is 0 Å². The predicted molar refractivity (Wildman–Crippen MR) is 93.2 cm³/mol. The molecule has 0 saturated carbocycles. The smallest absolute Gasteiger partial charge is 0.332 e. The molecular formula is C16H19N5O5. The number of aliphatic carboxylic acids is 1. The summed E-state index contributed by atoms with van der Waals surface area (Å²) < 4.78 is 2.22. The molecule has 1 saturated heterocycles. The highest BCUT2D eigenvalue weighted by Crippen LogP contribution is 2.18. The number of carboxylic acid groups (broad SMARTS) is 1. The third-order valence-corrected chi connectivity index (χ3v) is 4.60. The van der Waals surface area contributed by atoms with Crippen LogP contribution >= 0.6 is 0 Å². The fraction of sp³-hybridized carbons (Fsp3) is 0.438. The van der Waals surface area contributed by atoms with Crippen molar-refractivity contribution >= 4 is 28.7 Å². The van der Waals surface area contributed by atoms with Crippen molar-refractivity contribution in [2.75, 3.05) is 18.4 Å². The number of hydrogen-bond donors (Lipinski definition) is 2. The lowest BCUT2D eigenvalue weighted by atomic mass is 9.99. The van der Waals surface area contributed by atoms with Crippen LogP contribution in [0.25, 0.3) is 11.0 Å². The molecule has 10 heteroatoms. The maximum Gasteiger partial charge on any atom is 0.332 e. The van der Waals surface area contributed by atoms with Crippen LogP contribution in [0.1, 0.15) is 12.8 Å². The van der Waals surface area contributed by atoms with Crippen molar-refractivity contribution in [1.29, 1.82) is 0 Å². The normalized spacial score (nSPS) is 17.3. The number of carbonyl (C=O) groups excluding carboxylic acids is 1. The minimum Gasteiger partial charge on any atom is -0.481 e. The molecule has 0 aromatic carbocycles. The van der Waals surface area contributed by atoms with Crippen molar-refractivity contribution in [3.05, 3.63) is 33.1 Å². The van der Waals surface area contributed by atoms with E-state index in [1.165, 1.54) is 35.8 Å². The van der Waals surface area contributed by atoms with Gasteiger partial charge >= 0.3 is 17.7 Å². The number of carboxylic acids is 1. The van der Waals surface area contributed by atoms with Gasteiger partial charge in [-0.05, 0) is 18.9 Å². The number of nitrogens with one attached hydrogen (secondary N) is 1. The minimum atomic E-state index is -0.917. The number of rotatable bonds is 2. The zero-order valence-electron chi connectivity index (χ0n) is 14.4. The summed E-state index contributed by atoms with van der Waals surface area (Å²) in [5.41, 5.74) is -0.467. The van der Waals surface area contributed by atoms with Gasteiger partial charge in [-0.3, -0.25) is 18.7 Å². The van der Waals surface area contributed by atoms with E-state index in [-0.39, 0.29) is 17.6 Å². The molecule has 1 unspecified atom stereocenters. The molecule has 0 aliphatic carbocycles. The molecule has 1 atom stereocenters. The predicted octanol–water partition coefficient (Wildman–Crippen LogP) is -0.0393. The fourth-order valence-electron chi connectivity index (χ4n) is 3.10. The SMILES string of the molecule is Cn1c(=O)c2cc(NC(=O)N3CCCC(C(=O)O)C3)cnc2n(C)c1=O. The Morgan fingerprint density at radius 1 is 1.27 bits per heavy atom. The molecule has 1 fully saturated rings. The number of aryl methyl sites for hydroxylation is 1.